The third-order valence-corrected chi connectivity index (χ3v) is 7.82. The summed E-state index contributed by atoms with van der Waals surface area (Å²) in [5, 5.41) is 2.76. The first-order chi connectivity index (χ1) is 15.6. The predicted molar refractivity (Wildman–Crippen MR) is 129 cm³/mol. The molecule has 0 fully saturated rings. The Hall–Kier alpha value is -2.45. The van der Waals surface area contributed by atoms with Crippen LogP contribution in [0.5, 0.6) is 0 Å². The van der Waals surface area contributed by atoms with Crippen LogP contribution < -0.4 is 5.32 Å². The van der Waals surface area contributed by atoms with E-state index in [-0.39, 0.29) is 38.8 Å². The van der Waals surface area contributed by atoms with Crippen LogP contribution >= 0.6 is 23.2 Å². The summed E-state index contributed by atoms with van der Waals surface area (Å²) in [6.45, 7) is 0.186. The molecule has 33 heavy (non-hydrogen) atoms. The highest BCUT2D eigenvalue weighted by Gasteiger charge is 2.25. The smallest absolute Gasteiger partial charge is 0.252 e. The van der Waals surface area contributed by atoms with Gasteiger partial charge in [-0.05, 0) is 35.7 Å². The third-order valence-electron chi connectivity index (χ3n) is 5.23. The molecule has 0 unspecified atom stereocenters. The van der Waals surface area contributed by atoms with E-state index >= 15 is 0 Å². The van der Waals surface area contributed by atoms with Gasteiger partial charge in [0.05, 0.1) is 15.6 Å². The average Bonchev–Trinajstić information content (AvgIpc) is 2.78. The lowest BCUT2D eigenvalue weighted by Gasteiger charge is -2.19. The summed E-state index contributed by atoms with van der Waals surface area (Å²) >= 11 is 12.3. The molecule has 0 spiro atoms. The molecule has 0 aliphatic carbocycles. The van der Waals surface area contributed by atoms with E-state index in [1.54, 1.807) is 18.2 Å². The van der Waals surface area contributed by atoms with Crippen molar-refractivity contribution in [3.05, 3.63) is 99.3 Å². The molecule has 0 saturated carbocycles. The highest BCUT2D eigenvalue weighted by molar-refractivity contribution is 7.89. The second kappa shape index (κ2) is 10.7. The Balaban J connectivity index is 1.87. The quantitative estimate of drug-likeness (QED) is 0.458. The minimum atomic E-state index is -3.88. The summed E-state index contributed by atoms with van der Waals surface area (Å²) in [6.07, 6.45) is 0.367. The van der Waals surface area contributed by atoms with Gasteiger partial charge in [-0.15, -0.1) is 0 Å². The number of amides is 1. The minimum absolute atomic E-state index is 0.0146. The van der Waals surface area contributed by atoms with Crippen LogP contribution in [0.3, 0.4) is 0 Å². The minimum Gasteiger partial charge on any atom is -0.351 e. The maximum atomic E-state index is 14.3. The standard InChI is InChI=1S/C24H23Cl2FN2O3S/c1-29(2)33(31,32)23-13-19(20(25)14-21(23)26)24(30)28-15-18(16-8-4-3-5-9-16)12-17-10-6-7-11-22(17)27/h3-11,13-14,18H,12,15H2,1-2H3,(H,28,30)/t18-/m0/s1. The van der Waals surface area contributed by atoms with E-state index in [9.17, 15) is 17.6 Å². The van der Waals surface area contributed by atoms with Crippen molar-refractivity contribution in [3.63, 3.8) is 0 Å². The van der Waals surface area contributed by atoms with Gasteiger partial charge in [0, 0.05) is 26.6 Å². The molecular formula is C24H23Cl2FN2O3S. The fraction of sp³-hybridized carbons (Fsp3) is 0.208. The van der Waals surface area contributed by atoms with Crippen LogP contribution in [0.1, 0.15) is 27.4 Å². The Morgan fingerprint density at radius 3 is 2.27 bits per heavy atom. The SMILES string of the molecule is CN(C)S(=O)(=O)c1cc(C(=O)NC[C@H](Cc2ccccc2F)c2ccccc2)c(Cl)cc1Cl. The lowest BCUT2D eigenvalue weighted by Crippen LogP contribution is -2.30. The van der Waals surface area contributed by atoms with Gasteiger partial charge in [0.25, 0.3) is 5.91 Å². The fourth-order valence-electron chi connectivity index (χ4n) is 3.37. The molecule has 1 N–H and O–H groups in total. The molecule has 0 aromatic heterocycles. The first kappa shape index (κ1) is 25.2. The Morgan fingerprint density at radius 2 is 1.64 bits per heavy atom. The molecular weight excluding hydrogens is 486 g/mol. The number of hydrogen-bond donors (Lipinski definition) is 1. The molecule has 1 amide bonds. The zero-order valence-corrected chi connectivity index (χ0v) is 20.4. The van der Waals surface area contributed by atoms with Crippen LogP contribution in [0.4, 0.5) is 4.39 Å². The first-order valence-corrected chi connectivity index (χ1v) is 12.3. The van der Waals surface area contributed by atoms with Crippen molar-refractivity contribution in [2.24, 2.45) is 0 Å². The Bertz CT molecular complexity index is 1250. The number of halogens is 3. The van der Waals surface area contributed by atoms with Crippen molar-refractivity contribution in [1.29, 1.82) is 0 Å². The van der Waals surface area contributed by atoms with E-state index in [0.29, 0.717) is 12.0 Å². The van der Waals surface area contributed by atoms with Crippen molar-refractivity contribution >= 4 is 39.1 Å². The zero-order chi connectivity index (χ0) is 24.2. The predicted octanol–water partition coefficient (Wildman–Crippen LogP) is 5.14. The summed E-state index contributed by atoms with van der Waals surface area (Å²) in [4.78, 5) is 12.7. The molecule has 0 saturated heterocycles. The van der Waals surface area contributed by atoms with Gasteiger partial charge in [-0.3, -0.25) is 4.79 Å². The normalized spacial score (nSPS) is 12.5. The van der Waals surface area contributed by atoms with Crippen LogP contribution in [-0.4, -0.2) is 39.3 Å². The van der Waals surface area contributed by atoms with Gasteiger partial charge in [-0.25, -0.2) is 17.1 Å². The van der Waals surface area contributed by atoms with Crippen LogP contribution in [0.2, 0.25) is 10.0 Å². The van der Waals surface area contributed by atoms with Crippen molar-refractivity contribution in [2.45, 2.75) is 17.2 Å². The Kier molecular flexibility index (Phi) is 8.13. The van der Waals surface area contributed by atoms with Crippen LogP contribution in [-0.2, 0) is 16.4 Å². The van der Waals surface area contributed by atoms with Crippen LogP contribution in [0.15, 0.2) is 71.6 Å². The molecule has 0 aliphatic heterocycles. The summed E-state index contributed by atoms with van der Waals surface area (Å²) < 4.78 is 40.4. The highest BCUT2D eigenvalue weighted by Crippen LogP contribution is 2.30. The zero-order valence-electron chi connectivity index (χ0n) is 18.1. The van der Waals surface area contributed by atoms with Gasteiger partial charge in [-0.2, -0.15) is 0 Å². The van der Waals surface area contributed by atoms with Crippen molar-refractivity contribution in [1.82, 2.24) is 9.62 Å². The van der Waals surface area contributed by atoms with E-state index in [1.165, 1.54) is 32.3 Å². The number of benzene rings is 3. The maximum Gasteiger partial charge on any atom is 0.252 e. The van der Waals surface area contributed by atoms with Gasteiger partial charge < -0.3 is 5.32 Å². The molecule has 5 nitrogen and oxygen atoms in total. The molecule has 3 rings (SSSR count). The van der Waals surface area contributed by atoms with E-state index in [0.717, 1.165) is 9.87 Å². The van der Waals surface area contributed by atoms with Gasteiger partial charge in [0.2, 0.25) is 10.0 Å². The largest absolute Gasteiger partial charge is 0.351 e. The van der Waals surface area contributed by atoms with Gasteiger partial charge in [-0.1, -0.05) is 71.7 Å². The Morgan fingerprint density at radius 1 is 1.00 bits per heavy atom. The molecule has 1 atom stereocenters. The summed E-state index contributed by atoms with van der Waals surface area (Å²) in [5.74, 6) is -1.09. The van der Waals surface area contributed by atoms with Crippen LogP contribution in [0, 0.1) is 5.82 Å². The fourth-order valence-corrected chi connectivity index (χ4v) is 5.10. The summed E-state index contributed by atoms with van der Waals surface area (Å²) in [5.41, 5.74) is 1.45. The van der Waals surface area contributed by atoms with E-state index < -0.39 is 15.9 Å². The van der Waals surface area contributed by atoms with Crippen molar-refractivity contribution in [3.8, 4) is 0 Å². The summed E-state index contributed by atoms with van der Waals surface area (Å²) in [7, 11) is -1.14. The first-order valence-electron chi connectivity index (χ1n) is 10.1. The number of nitrogens with zero attached hydrogens (tertiary/aromatic N) is 1. The highest BCUT2D eigenvalue weighted by atomic mass is 35.5. The number of nitrogens with one attached hydrogen (secondary N) is 1. The van der Waals surface area contributed by atoms with Crippen molar-refractivity contribution < 1.29 is 17.6 Å². The molecule has 0 heterocycles. The average molecular weight is 509 g/mol. The number of hydrogen-bond acceptors (Lipinski definition) is 3. The number of carbonyl (C=O) groups is 1. The molecule has 0 radical (unpaired) electrons. The second-order valence-electron chi connectivity index (χ2n) is 7.66. The van der Waals surface area contributed by atoms with Gasteiger partial charge in [0.15, 0.2) is 0 Å². The summed E-state index contributed by atoms with van der Waals surface area (Å²) in [6, 6.07) is 18.4. The molecule has 0 aliphatic rings. The number of carbonyl (C=O) groups excluding carboxylic acids is 1. The molecule has 0 bridgehead atoms. The van der Waals surface area contributed by atoms with Gasteiger partial charge >= 0.3 is 0 Å². The molecule has 174 valence electrons. The Labute approximate surface area is 203 Å². The van der Waals surface area contributed by atoms with Gasteiger partial charge in [0.1, 0.15) is 10.7 Å². The third kappa shape index (κ3) is 5.92. The monoisotopic (exact) mass is 508 g/mol. The molecule has 9 heteroatoms. The number of rotatable bonds is 8. The molecule has 3 aromatic rings. The van der Waals surface area contributed by atoms with E-state index in [4.69, 9.17) is 23.2 Å². The number of sulfonamides is 1. The maximum absolute atomic E-state index is 14.3. The second-order valence-corrected chi connectivity index (χ2v) is 10.6. The van der Waals surface area contributed by atoms with Crippen LogP contribution in [0.25, 0.3) is 0 Å². The van der Waals surface area contributed by atoms with E-state index in [2.05, 4.69) is 5.32 Å². The van der Waals surface area contributed by atoms with Crippen molar-refractivity contribution in [2.75, 3.05) is 20.6 Å². The lowest BCUT2D eigenvalue weighted by atomic mass is 9.91. The lowest BCUT2D eigenvalue weighted by molar-refractivity contribution is 0.0951. The topological polar surface area (TPSA) is 66.5 Å². The molecule has 3 aromatic carbocycles. The van der Waals surface area contributed by atoms with E-state index in [1.807, 2.05) is 30.3 Å².